The second-order valence-electron chi connectivity index (χ2n) is 7.33. The molecule has 0 spiro atoms. The molecule has 1 aromatic carbocycles. The second-order valence-corrected chi connectivity index (χ2v) is 7.33. The number of methoxy groups -OCH3 is 1. The highest BCUT2D eigenvalue weighted by molar-refractivity contribution is 6.00. The molecule has 2 aromatic rings. The first-order chi connectivity index (χ1) is 11.8. The molecule has 0 saturated heterocycles. The molecule has 136 valence electrons. The number of hydrogen-bond donors (Lipinski definition) is 1. The number of nitrogens with one attached hydrogen (secondary N) is 1. The Morgan fingerprint density at radius 2 is 1.92 bits per heavy atom. The predicted octanol–water partition coefficient (Wildman–Crippen LogP) is 4.10. The van der Waals surface area contributed by atoms with Gasteiger partial charge in [-0.25, -0.2) is 0 Å². The lowest BCUT2D eigenvalue weighted by Crippen LogP contribution is -2.37. The van der Waals surface area contributed by atoms with Crippen LogP contribution < -0.4 is 5.32 Å². The number of benzene rings is 1. The highest BCUT2D eigenvalue weighted by Gasteiger charge is 2.24. The predicted molar refractivity (Wildman–Crippen MR) is 98.8 cm³/mol. The molecule has 0 bridgehead atoms. The lowest BCUT2D eigenvalue weighted by Gasteiger charge is -2.19. The Morgan fingerprint density at radius 3 is 2.44 bits per heavy atom. The Morgan fingerprint density at radius 1 is 1.28 bits per heavy atom. The van der Waals surface area contributed by atoms with Crippen LogP contribution in [0.25, 0.3) is 11.3 Å². The van der Waals surface area contributed by atoms with Crippen LogP contribution in [0.5, 0.6) is 0 Å². The number of carbonyl (C=O) groups is 1. The first-order valence-electron chi connectivity index (χ1n) is 8.64. The Labute approximate surface area is 149 Å². The molecular formula is C20H28N2O3. The van der Waals surface area contributed by atoms with Crippen LogP contribution in [0.1, 0.15) is 55.7 Å². The van der Waals surface area contributed by atoms with Crippen molar-refractivity contribution in [3.05, 3.63) is 41.1 Å². The summed E-state index contributed by atoms with van der Waals surface area (Å²) in [6.07, 6.45) is 0.791. The van der Waals surface area contributed by atoms with E-state index >= 15 is 0 Å². The van der Waals surface area contributed by atoms with Crippen LogP contribution in [0.4, 0.5) is 0 Å². The van der Waals surface area contributed by atoms with Gasteiger partial charge in [0.05, 0.1) is 18.3 Å². The number of amides is 1. The summed E-state index contributed by atoms with van der Waals surface area (Å²) >= 11 is 0. The molecule has 1 amide bonds. The summed E-state index contributed by atoms with van der Waals surface area (Å²) < 4.78 is 10.6. The first-order valence-corrected chi connectivity index (χ1v) is 8.64. The van der Waals surface area contributed by atoms with E-state index in [1.54, 1.807) is 14.0 Å². The quantitative estimate of drug-likeness (QED) is 0.857. The molecule has 0 unspecified atom stereocenters. The van der Waals surface area contributed by atoms with E-state index in [-0.39, 0.29) is 17.4 Å². The molecule has 0 saturated carbocycles. The van der Waals surface area contributed by atoms with E-state index in [9.17, 15) is 4.79 Å². The van der Waals surface area contributed by atoms with Crippen molar-refractivity contribution in [3.63, 3.8) is 0 Å². The van der Waals surface area contributed by atoms with Gasteiger partial charge < -0.3 is 14.6 Å². The van der Waals surface area contributed by atoms with Gasteiger partial charge >= 0.3 is 0 Å². The van der Waals surface area contributed by atoms with Gasteiger partial charge in [0.2, 0.25) is 0 Å². The number of rotatable bonds is 6. The molecule has 25 heavy (non-hydrogen) atoms. The molecule has 5 heteroatoms. The summed E-state index contributed by atoms with van der Waals surface area (Å²) in [6, 6.07) is 8.04. The molecule has 0 aliphatic rings. The van der Waals surface area contributed by atoms with Crippen LogP contribution in [0.15, 0.2) is 28.8 Å². The van der Waals surface area contributed by atoms with Gasteiger partial charge in [0, 0.05) is 12.7 Å². The first kappa shape index (κ1) is 19.2. The van der Waals surface area contributed by atoms with Crippen LogP contribution >= 0.6 is 0 Å². The zero-order valence-electron chi connectivity index (χ0n) is 16.0. The van der Waals surface area contributed by atoms with Crippen LogP contribution in [-0.4, -0.2) is 30.8 Å². The summed E-state index contributed by atoms with van der Waals surface area (Å²) in [5.41, 5.74) is 3.21. The maximum Gasteiger partial charge on any atom is 0.257 e. The largest absolute Gasteiger partial charge is 0.383 e. The summed E-state index contributed by atoms with van der Waals surface area (Å²) in [4.78, 5) is 12.7. The van der Waals surface area contributed by atoms with Gasteiger partial charge in [0.15, 0.2) is 5.76 Å². The highest BCUT2D eigenvalue weighted by Crippen LogP contribution is 2.29. The Bertz CT molecular complexity index is 712. The van der Waals surface area contributed by atoms with Crippen molar-refractivity contribution < 1.29 is 14.1 Å². The minimum absolute atomic E-state index is 0.0390. The molecule has 0 aliphatic heterocycles. The minimum atomic E-state index is -0.183. The number of nitrogens with zero attached hydrogens (tertiary/aromatic N) is 1. The van der Waals surface area contributed by atoms with Crippen molar-refractivity contribution in [2.45, 2.75) is 52.5 Å². The normalized spacial score (nSPS) is 12.9. The molecule has 1 atom stereocenters. The Kier molecular flexibility index (Phi) is 6.01. The van der Waals surface area contributed by atoms with Gasteiger partial charge in [-0.3, -0.25) is 4.79 Å². The average molecular weight is 344 g/mol. The van der Waals surface area contributed by atoms with E-state index in [4.69, 9.17) is 9.26 Å². The molecule has 5 nitrogen and oxygen atoms in total. The molecule has 2 rings (SSSR count). The molecule has 1 heterocycles. The molecule has 1 N–H and O–H groups in total. The van der Waals surface area contributed by atoms with Crippen molar-refractivity contribution in [2.24, 2.45) is 0 Å². The fourth-order valence-electron chi connectivity index (χ4n) is 2.68. The van der Waals surface area contributed by atoms with E-state index in [0.717, 1.165) is 12.0 Å². The lowest BCUT2D eigenvalue weighted by atomic mass is 9.86. The number of hydrogen-bond acceptors (Lipinski definition) is 4. The van der Waals surface area contributed by atoms with Crippen LogP contribution in [0.2, 0.25) is 0 Å². The van der Waals surface area contributed by atoms with Gasteiger partial charge in [-0.2, -0.15) is 0 Å². The summed E-state index contributed by atoms with van der Waals surface area (Å²) in [7, 11) is 1.63. The van der Waals surface area contributed by atoms with Gasteiger partial charge in [-0.15, -0.1) is 0 Å². The Hall–Kier alpha value is -2.14. The fraction of sp³-hybridized carbons (Fsp3) is 0.500. The van der Waals surface area contributed by atoms with Crippen LogP contribution in [-0.2, 0) is 10.2 Å². The van der Waals surface area contributed by atoms with Crippen molar-refractivity contribution >= 4 is 5.91 Å². The van der Waals surface area contributed by atoms with E-state index in [0.29, 0.717) is 23.6 Å². The van der Waals surface area contributed by atoms with Gasteiger partial charge in [0.1, 0.15) is 5.56 Å². The lowest BCUT2D eigenvalue weighted by molar-refractivity contribution is 0.0894. The maximum atomic E-state index is 12.7. The third-order valence-electron chi connectivity index (χ3n) is 4.30. The monoisotopic (exact) mass is 344 g/mol. The second kappa shape index (κ2) is 7.83. The van der Waals surface area contributed by atoms with E-state index < -0.39 is 0 Å². The SMILES string of the molecule is CC[C@H](COC)NC(=O)c1c(C)noc1-c1ccc(C(C)(C)C)cc1. The van der Waals surface area contributed by atoms with Crippen LogP contribution in [0.3, 0.4) is 0 Å². The van der Waals surface area contributed by atoms with E-state index in [1.165, 1.54) is 5.56 Å². The van der Waals surface area contributed by atoms with E-state index in [1.807, 2.05) is 19.1 Å². The van der Waals surface area contributed by atoms with Crippen molar-refractivity contribution in [1.29, 1.82) is 0 Å². The fourth-order valence-corrected chi connectivity index (χ4v) is 2.68. The third kappa shape index (κ3) is 4.48. The molecule has 0 fully saturated rings. The van der Waals surface area contributed by atoms with Gasteiger partial charge in [-0.1, -0.05) is 57.1 Å². The van der Waals surface area contributed by atoms with Crippen molar-refractivity contribution in [2.75, 3.05) is 13.7 Å². The average Bonchev–Trinajstić information content (AvgIpc) is 2.95. The molecular weight excluding hydrogens is 316 g/mol. The zero-order chi connectivity index (χ0) is 18.6. The summed E-state index contributed by atoms with van der Waals surface area (Å²) in [6.45, 7) is 10.8. The highest BCUT2D eigenvalue weighted by atomic mass is 16.5. The topological polar surface area (TPSA) is 64.4 Å². The Balaban J connectivity index is 2.31. The summed E-state index contributed by atoms with van der Waals surface area (Å²) in [5.74, 6) is 0.320. The minimum Gasteiger partial charge on any atom is -0.383 e. The molecule has 1 aromatic heterocycles. The van der Waals surface area contributed by atoms with Gasteiger partial charge in [0.25, 0.3) is 5.91 Å². The number of ether oxygens (including phenoxy) is 1. The zero-order valence-corrected chi connectivity index (χ0v) is 16.0. The number of aromatic nitrogens is 1. The number of aryl methyl sites for hydroxylation is 1. The van der Waals surface area contributed by atoms with Crippen molar-refractivity contribution in [3.8, 4) is 11.3 Å². The van der Waals surface area contributed by atoms with Gasteiger partial charge in [-0.05, 0) is 24.3 Å². The van der Waals surface area contributed by atoms with E-state index in [2.05, 4.69) is 43.4 Å². The molecule has 0 radical (unpaired) electrons. The standard InChI is InChI=1S/C20H28N2O3/c1-7-16(12-24-6)21-19(23)17-13(2)22-25-18(17)14-8-10-15(11-9-14)20(3,4)5/h8-11,16H,7,12H2,1-6H3,(H,21,23)/t16-/m1/s1. The smallest absolute Gasteiger partial charge is 0.257 e. The van der Waals surface area contributed by atoms with Crippen LogP contribution in [0, 0.1) is 6.92 Å². The summed E-state index contributed by atoms with van der Waals surface area (Å²) in [5, 5.41) is 6.99. The molecule has 0 aliphatic carbocycles. The third-order valence-corrected chi connectivity index (χ3v) is 4.30. The number of carbonyl (C=O) groups excluding carboxylic acids is 1. The van der Waals surface area contributed by atoms with Crippen molar-refractivity contribution in [1.82, 2.24) is 10.5 Å². The maximum absolute atomic E-state index is 12.7.